The number of aromatic nitrogens is 3. The van der Waals surface area contributed by atoms with Crippen LogP contribution in [0.15, 0.2) is 36.5 Å². The third kappa shape index (κ3) is 5.69. The van der Waals surface area contributed by atoms with Crippen LogP contribution in [0.3, 0.4) is 0 Å². The molecule has 0 radical (unpaired) electrons. The third-order valence-corrected chi connectivity index (χ3v) is 7.96. The molecule has 220 valence electrons. The number of nitrogens with one attached hydrogen (secondary N) is 1. The predicted molar refractivity (Wildman–Crippen MR) is 167 cm³/mol. The van der Waals surface area contributed by atoms with Crippen molar-refractivity contribution in [1.82, 2.24) is 25.2 Å². The highest BCUT2D eigenvalue weighted by Crippen LogP contribution is 2.38. The van der Waals surface area contributed by atoms with Crippen LogP contribution in [0, 0.1) is 24.1 Å². The Kier molecular flexibility index (Phi) is 8.76. The molecule has 0 spiro atoms. The van der Waals surface area contributed by atoms with Gasteiger partial charge in [-0.05, 0) is 49.4 Å². The molecule has 4 aromatic rings. The Bertz CT molecular complexity index is 1610. The van der Waals surface area contributed by atoms with E-state index in [4.69, 9.17) is 11.2 Å². The van der Waals surface area contributed by atoms with Gasteiger partial charge in [-0.15, -0.1) is 6.42 Å². The SMILES string of the molecule is C#Cc1cccc2cc(O)cc(-c3ncc4c(N5CC6CCC(C5)N6)nc(OC)nc4c3F)c12.CC.CC1CN(C)C1. The summed E-state index contributed by atoms with van der Waals surface area (Å²) in [6.45, 7) is 10.4. The Morgan fingerprint density at radius 1 is 1.10 bits per heavy atom. The van der Waals surface area contributed by atoms with Crippen LogP contribution >= 0.6 is 0 Å². The van der Waals surface area contributed by atoms with Crippen LogP contribution < -0.4 is 15.0 Å². The summed E-state index contributed by atoms with van der Waals surface area (Å²) in [5.41, 5.74) is 1.17. The fourth-order valence-corrected chi connectivity index (χ4v) is 6.24. The Labute approximate surface area is 246 Å². The molecule has 0 amide bonds. The van der Waals surface area contributed by atoms with E-state index in [0.29, 0.717) is 45.2 Å². The van der Waals surface area contributed by atoms with Gasteiger partial charge in [0.1, 0.15) is 22.8 Å². The summed E-state index contributed by atoms with van der Waals surface area (Å²) < 4.78 is 21.4. The topological polar surface area (TPSA) is 86.6 Å². The number of aromatic hydroxyl groups is 1. The summed E-state index contributed by atoms with van der Waals surface area (Å²) >= 11 is 0. The van der Waals surface area contributed by atoms with Crippen molar-refractivity contribution in [1.29, 1.82) is 0 Å². The normalized spacial score (nSPS) is 19.8. The second-order valence-corrected chi connectivity index (χ2v) is 11.1. The second kappa shape index (κ2) is 12.5. The van der Waals surface area contributed by atoms with Crippen LogP contribution in [-0.4, -0.2) is 77.4 Å². The van der Waals surface area contributed by atoms with Crippen molar-refractivity contribution in [3.63, 3.8) is 0 Å². The number of piperazine rings is 1. The minimum absolute atomic E-state index is 0.00443. The van der Waals surface area contributed by atoms with Gasteiger partial charge in [0.25, 0.3) is 0 Å². The maximum Gasteiger partial charge on any atom is 0.318 e. The van der Waals surface area contributed by atoms with E-state index in [9.17, 15) is 5.11 Å². The molecule has 42 heavy (non-hydrogen) atoms. The summed E-state index contributed by atoms with van der Waals surface area (Å²) in [5, 5.41) is 15.8. The summed E-state index contributed by atoms with van der Waals surface area (Å²) in [5.74, 6) is 3.61. The molecule has 7 rings (SSSR count). The van der Waals surface area contributed by atoms with Crippen LogP contribution in [0.5, 0.6) is 11.8 Å². The van der Waals surface area contributed by atoms with Gasteiger partial charge in [-0.2, -0.15) is 9.97 Å². The van der Waals surface area contributed by atoms with Crippen molar-refractivity contribution < 1.29 is 14.2 Å². The molecule has 0 saturated carbocycles. The first-order chi connectivity index (χ1) is 20.3. The molecule has 8 nitrogen and oxygen atoms in total. The number of methoxy groups -OCH3 is 1. The maximum absolute atomic E-state index is 16.1. The molecular formula is C33H39FN6O2. The number of phenols is 1. The molecular weight excluding hydrogens is 531 g/mol. The monoisotopic (exact) mass is 570 g/mol. The van der Waals surface area contributed by atoms with Crippen molar-refractivity contribution in [2.75, 3.05) is 45.2 Å². The molecule has 3 fully saturated rings. The number of terminal acetylenes is 1. The summed E-state index contributed by atoms with van der Waals surface area (Å²) in [7, 11) is 3.62. The number of anilines is 1. The lowest BCUT2D eigenvalue weighted by Gasteiger charge is -2.34. The number of rotatable bonds is 3. The van der Waals surface area contributed by atoms with Gasteiger partial charge in [-0.1, -0.05) is 38.8 Å². The number of hydrogen-bond donors (Lipinski definition) is 2. The average molecular weight is 571 g/mol. The van der Waals surface area contributed by atoms with Crippen LogP contribution in [0.4, 0.5) is 10.2 Å². The van der Waals surface area contributed by atoms with Crippen LogP contribution in [0.25, 0.3) is 32.9 Å². The number of likely N-dealkylation sites (tertiary alicyclic amines) is 1. The molecule has 2 atom stereocenters. The number of hydrogen-bond acceptors (Lipinski definition) is 8. The molecule has 0 aliphatic carbocycles. The minimum Gasteiger partial charge on any atom is -0.508 e. The predicted octanol–water partition coefficient (Wildman–Crippen LogP) is 5.21. The van der Waals surface area contributed by atoms with Crippen LogP contribution in [0.2, 0.25) is 0 Å². The first kappa shape index (κ1) is 29.5. The Morgan fingerprint density at radius 2 is 1.81 bits per heavy atom. The molecule has 3 saturated heterocycles. The average Bonchev–Trinajstić information content (AvgIpc) is 3.33. The number of halogens is 1. The van der Waals surface area contributed by atoms with Crippen molar-refractivity contribution >= 4 is 27.5 Å². The Balaban J connectivity index is 0.000000388. The highest BCUT2D eigenvalue weighted by molar-refractivity contribution is 6.02. The van der Waals surface area contributed by atoms with E-state index in [2.05, 4.69) is 50.0 Å². The van der Waals surface area contributed by atoms with Gasteiger partial charge >= 0.3 is 6.01 Å². The van der Waals surface area contributed by atoms with Gasteiger partial charge in [0.05, 0.1) is 12.5 Å². The summed E-state index contributed by atoms with van der Waals surface area (Å²) in [6, 6.07) is 9.34. The summed E-state index contributed by atoms with van der Waals surface area (Å²) in [6.07, 6.45) is 9.54. The largest absolute Gasteiger partial charge is 0.508 e. The quantitative estimate of drug-likeness (QED) is 0.325. The van der Waals surface area contributed by atoms with Crippen molar-refractivity contribution in [3.8, 4) is 35.4 Å². The second-order valence-electron chi connectivity index (χ2n) is 11.1. The zero-order chi connectivity index (χ0) is 30.0. The molecule has 2 N–H and O–H groups in total. The molecule has 3 aliphatic heterocycles. The van der Waals surface area contributed by atoms with E-state index in [1.807, 2.05) is 19.9 Å². The molecule has 2 unspecified atom stereocenters. The number of nitrogens with zero attached hydrogens (tertiary/aromatic N) is 5. The lowest BCUT2D eigenvalue weighted by molar-refractivity contribution is 0.149. The molecule has 9 heteroatoms. The van der Waals surface area contributed by atoms with E-state index in [-0.39, 0.29) is 23.0 Å². The Morgan fingerprint density at radius 3 is 2.40 bits per heavy atom. The third-order valence-electron chi connectivity index (χ3n) is 7.96. The standard InChI is InChI=1S/C26H22FN5O2.C5H11N.C2H6/c1-3-14-5-4-6-15-9-18(33)10-19(21(14)15)23-22(27)24-20(11-28-23)25(31-26(30-24)34-2)32-12-16-7-8-17(13-32)29-16;1-5-3-6(2)4-5;1-2/h1,4-6,9-11,16-17,29,33H,7-8,12-13H2,2H3;5H,3-4H2,1-2H3;1-2H3. The van der Waals surface area contributed by atoms with E-state index in [0.717, 1.165) is 31.8 Å². The number of pyridine rings is 1. The number of ether oxygens (including phenoxy) is 1. The van der Waals surface area contributed by atoms with Gasteiger partial charge in [0.15, 0.2) is 5.82 Å². The molecule has 2 bridgehead atoms. The number of fused-ring (bicyclic) bond motifs is 4. The van der Waals surface area contributed by atoms with Crippen LogP contribution in [-0.2, 0) is 0 Å². The minimum atomic E-state index is -0.615. The van der Waals surface area contributed by atoms with Gasteiger partial charge in [-0.25, -0.2) is 4.39 Å². The lowest BCUT2D eigenvalue weighted by Crippen LogP contribution is -2.51. The van der Waals surface area contributed by atoms with E-state index in [1.165, 1.54) is 26.3 Å². The van der Waals surface area contributed by atoms with Gasteiger partial charge in [0.2, 0.25) is 0 Å². The van der Waals surface area contributed by atoms with Gasteiger partial charge in [0, 0.05) is 61.0 Å². The number of phenolic OH excluding ortho intramolecular Hbond substituents is 1. The van der Waals surface area contributed by atoms with Crippen molar-refractivity contribution in [2.45, 2.75) is 45.7 Å². The fourth-order valence-electron chi connectivity index (χ4n) is 6.24. The van der Waals surface area contributed by atoms with E-state index in [1.54, 1.807) is 24.4 Å². The van der Waals surface area contributed by atoms with E-state index >= 15 is 4.39 Å². The Hall–Kier alpha value is -4.00. The first-order valence-electron chi connectivity index (χ1n) is 14.7. The van der Waals surface area contributed by atoms with Crippen molar-refractivity contribution in [3.05, 3.63) is 47.9 Å². The highest BCUT2D eigenvalue weighted by atomic mass is 19.1. The lowest BCUT2D eigenvalue weighted by atomic mass is 9.96. The van der Waals surface area contributed by atoms with Gasteiger partial charge in [-0.3, -0.25) is 4.98 Å². The summed E-state index contributed by atoms with van der Waals surface area (Å²) in [4.78, 5) is 17.9. The maximum atomic E-state index is 16.1. The van der Waals surface area contributed by atoms with Crippen molar-refractivity contribution in [2.24, 2.45) is 5.92 Å². The molecule has 2 aromatic carbocycles. The number of benzene rings is 2. The molecule has 3 aliphatic rings. The fraction of sp³-hybridized carbons (Fsp3) is 0.424. The smallest absolute Gasteiger partial charge is 0.318 e. The first-order valence-corrected chi connectivity index (χ1v) is 14.7. The highest BCUT2D eigenvalue weighted by Gasteiger charge is 2.34. The zero-order valence-corrected chi connectivity index (χ0v) is 25.0. The molecule has 2 aromatic heterocycles. The zero-order valence-electron chi connectivity index (χ0n) is 25.0. The van der Waals surface area contributed by atoms with Gasteiger partial charge < -0.3 is 25.0 Å². The molecule has 5 heterocycles. The van der Waals surface area contributed by atoms with Crippen LogP contribution in [0.1, 0.15) is 39.2 Å². The van der Waals surface area contributed by atoms with E-state index < -0.39 is 5.82 Å².